The lowest BCUT2D eigenvalue weighted by Gasteiger charge is -2.11. The normalized spacial score (nSPS) is 11.2. The van der Waals surface area contributed by atoms with E-state index in [9.17, 15) is 4.79 Å². The molecule has 0 aliphatic carbocycles. The van der Waals surface area contributed by atoms with Gasteiger partial charge < -0.3 is 14.4 Å². The van der Waals surface area contributed by atoms with Crippen molar-refractivity contribution < 1.29 is 14.3 Å². The van der Waals surface area contributed by atoms with Crippen molar-refractivity contribution in [1.29, 1.82) is 0 Å². The molecule has 0 unspecified atom stereocenters. The van der Waals surface area contributed by atoms with Crippen LogP contribution in [0.3, 0.4) is 0 Å². The number of anilines is 1. The molecule has 0 amide bonds. The molecule has 0 fully saturated rings. The molecule has 2 aromatic heterocycles. The van der Waals surface area contributed by atoms with Crippen molar-refractivity contribution in [3.8, 4) is 11.4 Å². The highest BCUT2D eigenvalue weighted by molar-refractivity contribution is 7.99. The maximum absolute atomic E-state index is 10.9. The number of nitrogens with zero attached hydrogens (tertiary/aromatic N) is 5. The van der Waals surface area contributed by atoms with Gasteiger partial charge in [-0.05, 0) is 30.7 Å². The Morgan fingerprint density at radius 1 is 1.30 bits per heavy atom. The van der Waals surface area contributed by atoms with Crippen molar-refractivity contribution >= 4 is 29.6 Å². The zero-order valence-electron chi connectivity index (χ0n) is 15.2. The molecule has 0 aliphatic heterocycles. The van der Waals surface area contributed by atoms with Gasteiger partial charge in [0.1, 0.15) is 5.76 Å². The zero-order valence-corrected chi connectivity index (χ0v) is 16.0. The summed E-state index contributed by atoms with van der Waals surface area (Å²) in [7, 11) is 3.96. The third-order valence-corrected chi connectivity index (χ3v) is 4.67. The molecule has 0 aliphatic rings. The van der Waals surface area contributed by atoms with Gasteiger partial charge in [-0.3, -0.25) is 4.79 Å². The monoisotopic (exact) mass is 385 g/mol. The standard InChI is InChI=1S/C18H19N5O3S/c1-12-15(8-9-26-12)17-20-21-18(27-11-16(24)25)23(17)19-10-13-4-6-14(7-5-13)22(2)3/h4-10H,11H2,1-3H3,(H,24,25)/b19-10-. The van der Waals surface area contributed by atoms with Crippen molar-refractivity contribution in [1.82, 2.24) is 14.9 Å². The van der Waals surface area contributed by atoms with Gasteiger partial charge in [0.25, 0.3) is 0 Å². The van der Waals surface area contributed by atoms with Gasteiger partial charge in [0.15, 0.2) is 5.82 Å². The molecular formula is C18H19N5O3S. The molecule has 9 heteroatoms. The Morgan fingerprint density at radius 3 is 2.63 bits per heavy atom. The first-order valence-electron chi connectivity index (χ1n) is 8.12. The number of aliphatic carboxylic acids is 1. The minimum atomic E-state index is -0.932. The smallest absolute Gasteiger partial charge is 0.313 e. The fraction of sp³-hybridized carbons (Fsp3) is 0.222. The third-order valence-electron chi connectivity index (χ3n) is 3.77. The highest BCUT2D eigenvalue weighted by Gasteiger charge is 2.18. The van der Waals surface area contributed by atoms with E-state index < -0.39 is 5.97 Å². The topological polar surface area (TPSA) is 96.8 Å². The van der Waals surface area contributed by atoms with Crippen molar-refractivity contribution in [2.75, 3.05) is 24.7 Å². The van der Waals surface area contributed by atoms with E-state index in [4.69, 9.17) is 9.52 Å². The van der Waals surface area contributed by atoms with Crippen LogP contribution in [0.15, 0.2) is 51.3 Å². The van der Waals surface area contributed by atoms with E-state index in [1.807, 2.05) is 50.2 Å². The quantitative estimate of drug-likeness (QED) is 0.493. The van der Waals surface area contributed by atoms with Gasteiger partial charge in [-0.2, -0.15) is 9.78 Å². The fourth-order valence-corrected chi connectivity index (χ4v) is 2.96. The van der Waals surface area contributed by atoms with Gasteiger partial charge in [0.2, 0.25) is 5.16 Å². The predicted molar refractivity (Wildman–Crippen MR) is 105 cm³/mol. The molecule has 1 N–H and O–H groups in total. The molecule has 8 nitrogen and oxygen atoms in total. The molecule has 0 bridgehead atoms. The molecule has 1 aromatic carbocycles. The number of aryl methyl sites for hydroxylation is 1. The summed E-state index contributed by atoms with van der Waals surface area (Å²) in [6.45, 7) is 1.82. The lowest BCUT2D eigenvalue weighted by Crippen LogP contribution is -2.08. The lowest BCUT2D eigenvalue weighted by molar-refractivity contribution is -0.133. The number of carboxylic acids is 1. The Hall–Kier alpha value is -3.07. The molecule has 27 heavy (non-hydrogen) atoms. The fourth-order valence-electron chi connectivity index (χ4n) is 2.35. The molecule has 3 rings (SSSR count). The van der Waals surface area contributed by atoms with E-state index in [1.54, 1.807) is 18.5 Å². The van der Waals surface area contributed by atoms with Crippen LogP contribution in [0, 0.1) is 6.92 Å². The van der Waals surface area contributed by atoms with Crippen LogP contribution >= 0.6 is 11.8 Å². The van der Waals surface area contributed by atoms with E-state index in [-0.39, 0.29) is 5.75 Å². The largest absolute Gasteiger partial charge is 0.481 e. The summed E-state index contributed by atoms with van der Waals surface area (Å²) in [5.74, 6) is 0.119. The minimum absolute atomic E-state index is 0.129. The first-order chi connectivity index (χ1) is 13.0. The maximum atomic E-state index is 10.9. The first-order valence-corrected chi connectivity index (χ1v) is 9.10. The van der Waals surface area contributed by atoms with Crippen molar-refractivity contribution in [3.63, 3.8) is 0 Å². The van der Waals surface area contributed by atoms with E-state index in [0.717, 1.165) is 28.6 Å². The number of aromatic nitrogens is 3. The number of carbonyl (C=O) groups is 1. The van der Waals surface area contributed by atoms with Crippen LogP contribution in [-0.2, 0) is 4.79 Å². The van der Waals surface area contributed by atoms with Crippen LogP contribution in [0.2, 0.25) is 0 Å². The predicted octanol–water partition coefficient (Wildman–Crippen LogP) is 2.97. The minimum Gasteiger partial charge on any atom is -0.481 e. The molecule has 0 atom stereocenters. The van der Waals surface area contributed by atoms with Crippen LogP contribution in [0.4, 0.5) is 5.69 Å². The van der Waals surface area contributed by atoms with Crippen molar-refractivity contribution in [3.05, 3.63) is 47.9 Å². The summed E-state index contributed by atoms with van der Waals surface area (Å²) in [5, 5.41) is 22.1. The van der Waals surface area contributed by atoms with E-state index >= 15 is 0 Å². The first kappa shape index (κ1) is 18.7. The van der Waals surface area contributed by atoms with E-state index in [1.165, 1.54) is 4.68 Å². The molecule has 2 heterocycles. The molecule has 0 radical (unpaired) electrons. The number of thioether (sulfide) groups is 1. The van der Waals surface area contributed by atoms with Crippen LogP contribution in [-0.4, -0.2) is 52.0 Å². The van der Waals surface area contributed by atoms with Gasteiger partial charge >= 0.3 is 5.97 Å². The second-order valence-electron chi connectivity index (χ2n) is 5.92. The highest BCUT2D eigenvalue weighted by Crippen LogP contribution is 2.27. The highest BCUT2D eigenvalue weighted by atomic mass is 32.2. The molecule has 140 valence electrons. The van der Waals surface area contributed by atoms with Gasteiger partial charge in [-0.15, -0.1) is 10.2 Å². The van der Waals surface area contributed by atoms with Gasteiger partial charge in [0, 0.05) is 19.8 Å². The van der Waals surface area contributed by atoms with E-state index in [2.05, 4.69) is 15.3 Å². The van der Waals surface area contributed by atoms with Crippen LogP contribution < -0.4 is 4.90 Å². The summed E-state index contributed by atoms with van der Waals surface area (Å²) in [4.78, 5) is 12.9. The second-order valence-corrected chi connectivity index (χ2v) is 6.86. The molecule has 0 spiro atoms. The van der Waals surface area contributed by atoms with Gasteiger partial charge in [0.05, 0.1) is 23.8 Å². The van der Waals surface area contributed by atoms with Crippen molar-refractivity contribution in [2.45, 2.75) is 12.1 Å². The molecule has 0 saturated carbocycles. The maximum Gasteiger partial charge on any atom is 0.313 e. The number of furan rings is 1. The van der Waals surface area contributed by atoms with Crippen LogP contribution in [0.5, 0.6) is 0 Å². The molecular weight excluding hydrogens is 366 g/mol. The van der Waals surface area contributed by atoms with Gasteiger partial charge in [-0.1, -0.05) is 23.9 Å². The Kier molecular flexibility index (Phi) is 5.60. The van der Waals surface area contributed by atoms with Crippen molar-refractivity contribution in [2.24, 2.45) is 5.10 Å². The molecule has 3 aromatic rings. The van der Waals surface area contributed by atoms with Crippen LogP contribution in [0.1, 0.15) is 11.3 Å². The average Bonchev–Trinajstić information content (AvgIpc) is 3.23. The number of rotatable bonds is 7. The zero-order chi connectivity index (χ0) is 19.4. The lowest BCUT2D eigenvalue weighted by atomic mass is 10.2. The summed E-state index contributed by atoms with van der Waals surface area (Å²) in [5.41, 5.74) is 2.74. The second kappa shape index (κ2) is 8.09. The van der Waals surface area contributed by atoms with Gasteiger partial charge in [-0.25, -0.2) is 0 Å². The third kappa shape index (κ3) is 4.37. The Balaban J connectivity index is 1.94. The summed E-state index contributed by atoms with van der Waals surface area (Å²) in [6, 6.07) is 9.68. The average molecular weight is 385 g/mol. The Bertz CT molecular complexity index is 960. The Morgan fingerprint density at radius 2 is 2.04 bits per heavy atom. The number of benzene rings is 1. The molecule has 0 saturated heterocycles. The summed E-state index contributed by atoms with van der Waals surface area (Å²) >= 11 is 1.06. The Labute approximate surface area is 160 Å². The van der Waals surface area contributed by atoms with Crippen LogP contribution in [0.25, 0.3) is 11.4 Å². The number of carboxylic acid groups (broad SMARTS) is 1. The summed E-state index contributed by atoms with van der Waals surface area (Å²) in [6.07, 6.45) is 3.25. The van der Waals surface area contributed by atoms with E-state index in [0.29, 0.717) is 16.7 Å². The summed E-state index contributed by atoms with van der Waals surface area (Å²) < 4.78 is 6.87. The SMILES string of the molecule is Cc1occc1-c1nnc(SCC(=O)O)n1/N=C\c1ccc(N(C)C)cc1. The number of hydrogen-bond donors (Lipinski definition) is 1. The number of hydrogen-bond acceptors (Lipinski definition) is 7.